The number of hydrogen-bond donors (Lipinski definition) is 3. The van der Waals surface area contributed by atoms with E-state index in [0.29, 0.717) is 32.4 Å². The maximum Gasteiger partial charge on any atom is 0.508 e. The Hall–Kier alpha value is -6.09. The van der Waals surface area contributed by atoms with Crippen LogP contribution in [-0.4, -0.2) is 134 Å². The van der Waals surface area contributed by atoms with Gasteiger partial charge in [0.15, 0.2) is 0 Å². The molecule has 2 fully saturated rings. The van der Waals surface area contributed by atoms with Crippen molar-refractivity contribution in [3.63, 3.8) is 0 Å². The van der Waals surface area contributed by atoms with Crippen molar-refractivity contribution in [2.45, 2.75) is 153 Å². The Kier molecular flexibility index (Phi) is 22.9. The number of carbonyl (C=O) groups is 7. The molecule has 2 aliphatic carbocycles. The smallest absolute Gasteiger partial charge is 0.466 e. The molecule has 2 aromatic heterocycles. The molecule has 3 N–H and O–H groups in total. The summed E-state index contributed by atoms with van der Waals surface area (Å²) in [6.45, 7) is 22.8. The van der Waals surface area contributed by atoms with Gasteiger partial charge in [0, 0.05) is 55.7 Å². The van der Waals surface area contributed by atoms with Crippen molar-refractivity contribution < 1.29 is 71.5 Å². The lowest BCUT2D eigenvalue weighted by atomic mass is 9.60. The molecule has 2 heterocycles. The van der Waals surface area contributed by atoms with Gasteiger partial charge in [-0.15, -0.1) is 0 Å². The first-order chi connectivity index (χ1) is 34.7. The molecule has 0 spiro atoms. The van der Waals surface area contributed by atoms with Crippen molar-refractivity contribution in [3.8, 4) is 0 Å². The van der Waals surface area contributed by atoms with E-state index in [1.54, 1.807) is 6.92 Å². The third-order valence-corrected chi connectivity index (χ3v) is 12.9. The van der Waals surface area contributed by atoms with E-state index in [2.05, 4.69) is 67.7 Å². The van der Waals surface area contributed by atoms with Gasteiger partial charge >= 0.3 is 42.6 Å². The minimum atomic E-state index is -0.938. The summed E-state index contributed by atoms with van der Waals surface area (Å²) in [7, 11) is 0. The van der Waals surface area contributed by atoms with Crippen LogP contribution in [0.15, 0.2) is 12.1 Å². The van der Waals surface area contributed by atoms with E-state index in [9.17, 15) is 33.6 Å². The van der Waals surface area contributed by atoms with Gasteiger partial charge in [-0.25, -0.2) is 28.8 Å². The first-order valence-corrected chi connectivity index (χ1v) is 25.8. The monoisotopic (exact) mass is 1050 g/mol. The predicted molar refractivity (Wildman–Crippen MR) is 269 cm³/mol. The van der Waals surface area contributed by atoms with E-state index in [1.165, 1.54) is 9.36 Å². The predicted octanol–water partition coefficient (Wildman–Crippen LogP) is 8.86. The van der Waals surface area contributed by atoms with E-state index in [4.69, 9.17) is 37.9 Å². The average Bonchev–Trinajstić information content (AvgIpc) is 3.82. The molecule has 5 atom stereocenters. The molecule has 3 amide bonds. The summed E-state index contributed by atoms with van der Waals surface area (Å²) in [5, 5.41) is 17.5. The summed E-state index contributed by atoms with van der Waals surface area (Å²) < 4.78 is 43.9. The van der Waals surface area contributed by atoms with E-state index in [1.807, 2.05) is 39.8 Å². The lowest BCUT2D eigenvalue weighted by Gasteiger charge is -2.46. The fourth-order valence-corrected chi connectivity index (χ4v) is 10.8. The fourth-order valence-electron chi connectivity index (χ4n) is 10.8. The molecule has 5 unspecified atom stereocenters. The van der Waals surface area contributed by atoms with Crippen molar-refractivity contribution >= 4 is 42.6 Å². The second-order valence-electron chi connectivity index (χ2n) is 22.7. The van der Waals surface area contributed by atoms with Crippen LogP contribution in [0.5, 0.6) is 0 Å². The number of aromatic nitrogens is 4. The van der Waals surface area contributed by atoms with Gasteiger partial charge in [0.05, 0.1) is 51.0 Å². The Labute approximate surface area is 435 Å². The maximum absolute atomic E-state index is 12.8. The quantitative estimate of drug-likeness (QED) is 0.0503. The molecule has 22 nitrogen and oxygen atoms in total. The van der Waals surface area contributed by atoms with Crippen LogP contribution in [0, 0.1) is 61.2 Å². The van der Waals surface area contributed by atoms with Gasteiger partial charge in [-0.2, -0.15) is 19.6 Å². The summed E-state index contributed by atoms with van der Waals surface area (Å²) in [6.07, 6.45) is 3.16. The molecular weight excluding hydrogens is 963 g/mol. The van der Waals surface area contributed by atoms with Gasteiger partial charge in [-0.1, -0.05) is 48.5 Å². The second kappa shape index (κ2) is 28.0. The molecule has 0 aromatic carbocycles. The molecule has 416 valence electrons. The third-order valence-electron chi connectivity index (χ3n) is 12.9. The van der Waals surface area contributed by atoms with Crippen molar-refractivity contribution in [1.82, 2.24) is 35.5 Å². The summed E-state index contributed by atoms with van der Waals surface area (Å²) in [5.74, 6) is -0.527. The van der Waals surface area contributed by atoms with Crippen molar-refractivity contribution in [2.75, 3.05) is 65.9 Å². The van der Waals surface area contributed by atoms with Crippen molar-refractivity contribution in [2.24, 2.45) is 33.5 Å². The highest BCUT2D eigenvalue weighted by atomic mass is 16.7. The molecule has 0 aliphatic heterocycles. The highest BCUT2D eigenvalue weighted by Crippen LogP contribution is 2.49. The number of carbonyl (C=O) groups excluding carboxylic acids is 7. The Morgan fingerprint density at radius 2 is 0.986 bits per heavy atom. The minimum Gasteiger partial charge on any atom is -0.466 e. The number of rotatable bonds is 24. The number of aryl methyl sites for hydroxylation is 4. The van der Waals surface area contributed by atoms with Crippen LogP contribution < -0.4 is 16.0 Å². The van der Waals surface area contributed by atoms with Crippen LogP contribution in [0.3, 0.4) is 0 Å². The van der Waals surface area contributed by atoms with E-state index >= 15 is 0 Å². The Morgan fingerprint density at radius 3 is 1.46 bits per heavy atom. The molecule has 2 aromatic rings. The van der Waals surface area contributed by atoms with Gasteiger partial charge in [0.25, 0.3) is 0 Å². The first kappa shape index (κ1) is 60.5. The van der Waals surface area contributed by atoms with E-state index in [-0.39, 0.29) is 130 Å². The first-order valence-electron chi connectivity index (χ1n) is 25.8. The number of esters is 1. The number of unbranched alkanes of at least 4 members (excludes halogenated alkanes) is 1. The summed E-state index contributed by atoms with van der Waals surface area (Å²) >= 11 is 0. The van der Waals surface area contributed by atoms with E-state index < -0.39 is 24.6 Å². The van der Waals surface area contributed by atoms with Crippen LogP contribution in [0.25, 0.3) is 0 Å². The Balaban J connectivity index is 0.948. The van der Waals surface area contributed by atoms with Gasteiger partial charge in [0.2, 0.25) is 0 Å². The topological polar surface area (TPSA) is 265 Å². The molecule has 74 heavy (non-hydrogen) atoms. The summed E-state index contributed by atoms with van der Waals surface area (Å²) in [6, 6.07) is 2.97. The van der Waals surface area contributed by atoms with Gasteiger partial charge in [0.1, 0.15) is 13.2 Å². The van der Waals surface area contributed by atoms with Gasteiger partial charge in [-0.3, -0.25) is 4.79 Å². The molecular formula is C52H83N7O15. The maximum atomic E-state index is 12.8. The molecule has 0 radical (unpaired) electrons. The minimum absolute atomic E-state index is 0.0138. The number of nitrogens with zero attached hydrogens (tertiary/aromatic N) is 4. The van der Waals surface area contributed by atoms with Crippen molar-refractivity contribution in [1.29, 1.82) is 0 Å². The zero-order valence-corrected chi connectivity index (χ0v) is 45.6. The van der Waals surface area contributed by atoms with Crippen LogP contribution in [0.2, 0.25) is 0 Å². The molecule has 4 rings (SSSR count). The summed E-state index contributed by atoms with van der Waals surface area (Å²) in [5.41, 5.74) is 2.48. The molecule has 2 saturated carbocycles. The highest BCUT2D eigenvalue weighted by molar-refractivity contribution is 5.77. The van der Waals surface area contributed by atoms with Crippen LogP contribution in [0.1, 0.15) is 142 Å². The Morgan fingerprint density at radius 1 is 0.568 bits per heavy atom. The Bertz CT molecular complexity index is 2210. The van der Waals surface area contributed by atoms with Crippen LogP contribution in [-0.2, 0) is 42.7 Å². The lowest BCUT2D eigenvalue weighted by Crippen LogP contribution is -2.51. The van der Waals surface area contributed by atoms with Crippen LogP contribution in [0.4, 0.5) is 28.8 Å². The standard InChI is InChI=1S/C52H83N7O15/c1-35(29-73-47(65)69-17-13-12-16-67-42(60)24-40-25-49(6,7)31-51(10,26-40)33-53-43(61)58-38(4)22-36(2)56-58)30-74-48(66)72-21-15-20-71-46(64)70-19-14-18-68-45(63)55-41-27-50(8,9)32-52(11,28-41)34-54-44(62)59-39(5)23-37(3)57-59/h22-23,35,40-41H,12-21,24-34H2,1-11H3,(H,53,61)(H,54,62)(H,55,63). The van der Waals surface area contributed by atoms with Crippen molar-refractivity contribution in [3.05, 3.63) is 34.9 Å². The largest absolute Gasteiger partial charge is 0.508 e. The molecule has 0 bridgehead atoms. The van der Waals surface area contributed by atoms with Gasteiger partial charge < -0.3 is 53.8 Å². The number of hydrogen-bond acceptors (Lipinski definition) is 17. The zero-order valence-electron chi connectivity index (χ0n) is 45.6. The third kappa shape index (κ3) is 21.8. The highest BCUT2D eigenvalue weighted by Gasteiger charge is 2.43. The molecule has 0 saturated heterocycles. The van der Waals surface area contributed by atoms with Gasteiger partial charge in [-0.05, 0) is 119 Å². The normalized spacial score (nSPS) is 21.2. The molecule has 22 heteroatoms. The molecule has 2 aliphatic rings. The van der Waals surface area contributed by atoms with Crippen LogP contribution >= 0.6 is 0 Å². The number of nitrogens with one attached hydrogen (secondary N) is 3. The summed E-state index contributed by atoms with van der Waals surface area (Å²) in [4.78, 5) is 87.1. The van der Waals surface area contributed by atoms with E-state index in [0.717, 1.165) is 54.9 Å². The zero-order chi connectivity index (χ0) is 54.7. The SMILES string of the molecule is Cc1cc(C)n(C(=O)NCC2(C)CC(CC(=O)OCCCCOC(=O)OCC(C)COC(=O)OCCCOC(=O)OCCCOC(=O)NC3CC(C)(C)CC(C)(CNC(=O)n4nc(C)cc4C)C3)CC(C)(C)C2)n1. The second-order valence-corrected chi connectivity index (χ2v) is 22.7. The number of ether oxygens (including phenoxy) is 8. The number of alkyl carbamates (subject to hydrolysis) is 1. The average molecular weight is 1050 g/mol. The fraction of sp³-hybridized carbons (Fsp3) is 0.750. The lowest BCUT2D eigenvalue weighted by molar-refractivity contribution is -0.146. The number of amides is 3.